The Morgan fingerprint density at radius 3 is 2.59 bits per heavy atom. The molecule has 2 amide bonds. The van der Waals surface area contributed by atoms with Gasteiger partial charge in [0.2, 0.25) is 11.8 Å². The number of hydrogen-bond donors (Lipinski definition) is 1. The van der Waals surface area contributed by atoms with Gasteiger partial charge in [0, 0.05) is 41.2 Å². The van der Waals surface area contributed by atoms with Gasteiger partial charge in [-0.05, 0) is 71.3 Å². The highest BCUT2D eigenvalue weighted by Crippen LogP contribution is 2.55. The van der Waals surface area contributed by atoms with Crippen molar-refractivity contribution in [3.8, 4) is 11.5 Å². The second-order valence-electron chi connectivity index (χ2n) is 11.5. The number of hydrogen-bond acceptors (Lipinski definition) is 6. The van der Waals surface area contributed by atoms with E-state index in [4.69, 9.17) is 4.74 Å². The van der Waals surface area contributed by atoms with E-state index < -0.39 is 17.8 Å². The number of phenolic OH excluding ortho intramolecular Hbond substituents is 1. The van der Waals surface area contributed by atoms with Crippen molar-refractivity contribution >= 4 is 39.3 Å². The number of benzene rings is 1. The Kier molecular flexibility index (Phi) is 5.81. The zero-order valence-corrected chi connectivity index (χ0v) is 22.9. The summed E-state index contributed by atoms with van der Waals surface area (Å²) in [7, 11) is 0. The molecule has 0 unspecified atom stereocenters. The fraction of sp³-hybridized carbons (Fsp3) is 0.419. The van der Waals surface area contributed by atoms with Crippen LogP contribution in [0.1, 0.15) is 50.5 Å². The Hall–Kier alpha value is -3.26. The van der Waals surface area contributed by atoms with E-state index in [2.05, 4.69) is 15.9 Å². The van der Waals surface area contributed by atoms with Crippen LogP contribution < -0.4 is 4.74 Å². The van der Waals surface area contributed by atoms with E-state index in [-0.39, 0.29) is 52.0 Å². The average molecular weight is 590 g/mol. The molecule has 6 aliphatic rings. The molecule has 0 spiro atoms. The van der Waals surface area contributed by atoms with Crippen LogP contribution in [0.2, 0.25) is 0 Å². The quantitative estimate of drug-likeness (QED) is 0.301. The fourth-order valence-corrected chi connectivity index (χ4v) is 8.19. The molecule has 2 aliphatic heterocycles. The van der Waals surface area contributed by atoms with Gasteiger partial charge in [-0.25, -0.2) is 0 Å². The maximum absolute atomic E-state index is 14.0. The number of halogens is 1. The van der Waals surface area contributed by atoms with Gasteiger partial charge in [-0.15, -0.1) is 0 Å². The monoisotopic (exact) mass is 589 g/mol. The number of phenols is 1. The standard InChI is InChI=1S/C31H28BrNO6/c32-23-13-24(35)28-22(29(23)36)12-21-19(26(28)16-10-15-11-18(34)6-9-25(15)39-14-16)7-8-20-27(21)31(38)33(30(20)37)17-4-2-1-3-5-17/h6-7,9,11,13-14,17,20-21,26-27,34H,1-5,8,10,12H2/t20-,21+,26-,27-/m0/s1. The number of carbonyl (C=O) groups is 4. The zero-order valence-electron chi connectivity index (χ0n) is 21.3. The smallest absolute Gasteiger partial charge is 0.233 e. The molecule has 1 saturated heterocycles. The van der Waals surface area contributed by atoms with Crippen LogP contribution in [0.4, 0.5) is 0 Å². The molecule has 39 heavy (non-hydrogen) atoms. The first-order valence-electron chi connectivity index (χ1n) is 13.8. The first-order valence-corrected chi connectivity index (χ1v) is 14.6. The molecular weight excluding hydrogens is 562 g/mol. The van der Waals surface area contributed by atoms with E-state index in [9.17, 15) is 24.3 Å². The zero-order chi connectivity index (χ0) is 27.0. The minimum atomic E-state index is -0.537. The third kappa shape index (κ3) is 3.74. The van der Waals surface area contributed by atoms with E-state index in [1.165, 1.54) is 6.08 Å². The summed E-state index contributed by atoms with van der Waals surface area (Å²) in [4.78, 5) is 56.0. The summed E-state index contributed by atoms with van der Waals surface area (Å²) in [6, 6.07) is 4.87. The van der Waals surface area contributed by atoms with Crippen molar-refractivity contribution < 1.29 is 29.0 Å². The van der Waals surface area contributed by atoms with Gasteiger partial charge in [0.1, 0.15) is 11.5 Å². The molecule has 1 N–H and O–H groups in total. The summed E-state index contributed by atoms with van der Waals surface area (Å²) in [5.74, 6) is -1.78. The summed E-state index contributed by atoms with van der Waals surface area (Å²) in [5.41, 5.74) is 3.36. The predicted octanol–water partition coefficient (Wildman–Crippen LogP) is 4.84. The minimum Gasteiger partial charge on any atom is -0.508 e. The molecule has 1 aromatic carbocycles. The van der Waals surface area contributed by atoms with Crippen molar-refractivity contribution in [3.05, 3.63) is 69.0 Å². The van der Waals surface area contributed by atoms with Crippen LogP contribution in [-0.4, -0.2) is 39.4 Å². The molecule has 200 valence electrons. The Balaban J connectivity index is 1.31. The number of allylic oxidation sites excluding steroid dienone is 7. The molecule has 2 fully saturated rings. The molecule has 0 bridgehead atoms. The predicted molar refractivity (Wildman–Crippen MR) is 145 cm³/mol. The van der Waals surface area contributed by atoms with Gasteiger partial charge in [0.25, 0.3) is 0 Å². The highest BCUT2D eigenvalue weighted by molar-refractivity contribution is 9.12. The second-order valence-corrected chi connectivity index (χ2v) is 12.4. The summed E-state index contributed by atoms with van der Waals surface area (Å²) in [5, 5.41) is 10.1. The largest absolute Gasteiger partial charge is 0.508 e. The highest BCUT2D eigenvalue weighted by Gasteiger charge is 2.57. The Labute approximate surface area is 234 Å². The van der Waals surface area contributed by atoms with Gasteiger partial charge >= 0.3 is 0 Å². The van der Waals surface area contributed by atoms with Crippen LogP contribution in [0.3, 0.4) is 0 Å². The van der Waals surface area contributed by atoms with Crippen LogP contribution in [0.25, 0.3) is 0 Å². The molecule has 1 saturated carbocycles. The Morgan fingerprint density at radius 2 is 1.79 bits per heavy atom. The van der Waals surface area contributed by atoms with Gasteiger partial charge in [-0.1, -0.05) is 30.9 Å². The third-order valence-electron chi connectivity index (χ3n) is 9.45. The molecular formula is C31H28BrNO6. The maximum atomic E-state index is 14.0. The fourth-order valence-electron chi connectivity index (χ4n) is 7.74. The first kappa shape index (κ1) is 24.8. The lowest BCUT2D eigenvalue weighted by atomic mass is 9.59. The van der Waals surface area contributed by atoms with Gasteiger partial charge in [0.15, 0.2) is 11.6 Å². The van der Waals surface area contributed by atoms with Crippen molar-refractivity contribution in [2.75, 3.05) is 0 Å². The van der Waals surface area contributed by atoms with Gasteiger partial charge in [-0.3, -0.25) is 24.1 Å². The van der Waals surface area contributed by atoms with Crippen LogP contribution in [-0.2, 0) is 25.6 Å². The number of amides is 2. The van der Waals surface area contributed by atoms with Crippen LogP contribution in [0.15, 0.2) is 63.4 Å². The van der Waals surface area contributed by atoms with E-state index in [1.54, 1.807) is 29.4 Å². The number of rotatable bonds is 2. The van der Waals surface area contributed by atoms with E-state index in [0.717, 1.165) is 48.8 Å². The van der Waals surface area contributed by atoms with Gasteiger partial charge in [0.05, 0.1) is 22.6 Å². The number of ether oxygens (including phenoxy) is 1. The number of aromatic hydroxyl groups is 1. The van der Waals surface area contributed by atoms with Gasteiger partial charge in [-0.2, -0.15) is 0 Å². The molecule has 1 aromatic rings. The number of fused-ring (bicyclic) bond motifs is 4. The SMILES string of the molecule is O=C1C=C(Br)C(=O)C2=C1[C@@H](C1=COc3ccc(O)cc3C1)C1=CC[C@@H]3C(=O)N(C4CCCCC4)C(=O)[C@@H]3[C@@H]1C2. The van der Waals surface area contributed by atoms with E-state index in [1.807, 2.05) is 6.08 Å². The lowest BCUT2D eigenvalue weighted by Crippen LogP contribution is -2.43. The molecule has 0 aromatic heterocycles. The molecule has 4 aliphatic carbocycles. The molecule has 7 rings (SSSR count). The van der Waals surface area contributed by atoms with Gasteiger partial charge < -0.3 is 9.84 Å². The van der Waals surface area contributed by atoms with Crippen LogP contribution in [0, 0.1) is 23.7 Å². The third-order valence-corrected chi connectivity index (χ3v) is 10.0. The molecule has 0 radical (unpaired) electrons. The first-order chi connectivity index (χ1) is 18.8. The summed E-state index contributed by atoms with van der Waals surface area (Å²) in [6.07, 6.45) is 11.0. The maximum Gasteiger partial charge on any atom is 0.233 e. The molecule has 7 nitrogen and oxygen atoms in total. The molecule has 8 heteroatoms. The topological polar surface area (TPSA) is 101 Å². The summed E-state index contributed by atoms with van der Waals surface area (Å²) < 4.78 is 6.15. The van der Waals surface area contributed by atoms with Crippen LogP contribution in [0.5, 0.6) is 11.5 Å². The van der Waals surface area contributed by atoms with Crippen molar-refractivity contribution in [3.63, 3.8) is 0 Å². The Bertz CT molecular complexity index is 1480. The number of likely N-dealkylation sites (tertiary alicyclic amines) is 1. The van der Waals surface area contributed by atoms with E-state index in [0.29, 0.717) is 29.7 Å². The van der Waals surface area contributed by atoms with Crippen LogP contribution >= 0.6 is 15.9 Å². The second kappa shape index (κ2) is 9.15. The molecule has 4 atom stereocenters. The normalized spacial score (nSPS) is 30.6. The number of ketones is 2. The van der Waals surface area contributed by atoms with Crippen molar-refractivity contribution in [1.82, 2.24) is 4.90 Å². The van der Waals surface area contributed by atoms with Crippen molar-refractivity contribution in [1.29, 1.82) is 0 Å². The number of Topliss-reactive ketones (excluding diaryl/α,β-unsaturated/α-hetero) is 1. The average Bonchev–Trinajstić information content (AvgIpc) is 3.20. The minimum absolute atomic E-state index is 0.0458. The lowest BCUT2D eigenvalue weighted by Gasteiger charge is -2.43. The van der Waals surface area contributed by atoms with Crippen molar-refractivity contribution in [2.45, 2.75) is 57.4 Å². The molecule has 2 heterocycles. The summed E-state index contributed by atoms with van der Waals surface area (Å²) >= 11 is 3.27. The number of imide groups is 1. The number of carbonyl (C=O) groups excluding carboxylic acids is 4. The van der Waals surface area contributed by atoms with E-state index >= 15 is 0 Å². The highest BCUT2D eigenvalue weighted by atomic mass is 79.9. The lowest BCUT2D eigenvalue weighted by molar-refractivity contribution is -0.143. The van der Waals surface area contributed by atoms with Crippen molar-refractivity contribution in [2.24, 2.45) is 23.7 Å². The Morgan fingerprint density at radius 1 is 1.00 bits per heavy atom. The summed E-state index contributed by atoms with van der Waals surface area (Å²) in [6.45, 7) is 0. The number of nitrogens with zero attached hydrogens (tertiary/aromatic N) is 1.